The largest absolute Gasteiger partial charge is 0.485 e. The van der Waals surface area contributed by atoms with Crippen molar-refractivity contribution >= 4 is 17.3 Å². The predicted molar refractivity (Wildman–Crippen MR) is 65.1 cm³/mol. The Bertz CT molecular complexity index is 311. The van der Waals surface area contributed by atoms with Gasteiger partial charge < -0.3 is 9.84 Å². The van der Waals surface area contributed by atoms with Gasteiger partial charge in [-0.3, -0.25) is 0 Å². The fourth-order valence-corrected chi connectivity index (χ4v) is 1.69. The van der Waals surface area contributed by atoms with E-state index >= 15 is 0 Å². The van der Waals surface area contributed by atoms with Crippen molar-refractivity contribution in [2.24, 2.45) is 0 Å². The first-order valence-electron chi connectivity index (χ1n) is 5.06. The summed E-state index contributed by atoms with van der Waals surface area (Å²) < 4.78 is 5.13. The van der Waals surface area contributed by atoms with Crippen molar-refractivity contribution in [3.8, 4) is 0 Å². The Hall–Kier alpha value is -0.930. The Morgan fingerprint density at radius 3 is 2.53 bits per heavy atom. The average Bonchev–Trinajstić information content (AvgIpc) is 2.28. The van der Waals surface area contributed by atoms with Crippen molar-refractivity contribution in [2.75, 3.05) is 6.61 Å². The Morgan fingerprint density at radius 1 is 1.40 bits per heavy atom. The first-order chi connectivity index (χ1) is 7.16. The van der Waals surface area contributed by atoms with Gasteiger partial charge in [-0.15, -0.1) is 0 Å². The maximum absolute atomic E-state index is 9.90. The zero-order chi connectivity index (χ0) is 11.3. The van der Waals surface area contributed by atoms with E-state index in [0.29, 0.717) is 6.61 Å². The number of aliphatic hydroxyl groups excluding tert-OH is 1. The lowest BCUT2D eigenvalue weighted by Crippen LogP contribution is -2.27. The van der Waals surface area contributed by atoms with Gasteiger partial charge in [0.2, 0.25) is 0 Å². The van der Waals surface area contributed by atoms with Crippen LogP contribution >= 0.6 is 12.2 Å². The van der Waals surface area contributed by atoms with Gasteiger partial charge in [0.25, 0.3) is 0 Å². The van der Waals surface area contributed by atoms with Crippen LogP contribution in [0.15, 0.2) is 30.3 Å². The molecular weight excluding hydrogens is 208 g/mol. The number of hydrogen-bond donors (Lipinski definition) is 1. The molecular formula is C12H16O2S. The molecule has 2 nitrogen and oxygen atoms in total. The van der Waals surface area contributed by atoms with Crippen LogP contribution in [-0.2, 0) is 4.74 Å². The summed E-state index contributed by atoms with van der Waals surface area (Å²) in [4.78, 5) is 0. The van der Waals surface area contributed by atoms with Gasteiger partial charge in [-0.2, -0.15) is 0 Å². The summed E-state index contributed by atoms with van der Waals surface area (Å²) in [6, 6.07) is 9.79. The van der Waals surface area contributed by atoms with Crippen molar-refractivity contribution in [1.82, 2.24) is 0 Å². The van der Waals surface area contributed by atoms with Crippen molar-refractivity contribution in [3.05, 3.63) is 35.9 Å². The quantitative estimate of drug-likeness (QED) is 0.797. The fourth-order valence-electron chi connectivity index (χ4n) is 1.37. The maximum Gasteiger partial charge on any atom is 0.189 e. The molecule has 82 valence electrons. The van der Waals surface area contributed by atoms with Gasteiger partial charge in [0, 0.05) is 5.92 Å². The molecule has 0 spiro atoms. The maximum atomic E-state index is 9.90. The molecule has 1 rings (SSSR count). The van der Waals surface area contributed by atoms with Crippen LogP contribution in [0.5, 0.6) is 0 Å². The lowest BCUT2D eigenvalue weighted by Gasteiger charge is -2.19. The Morgan fingerprint density at radius 2 is 2.00 bits per heavy atom. The van der Waals surface area contributed by atoms with E-state index < -0.39 is 6.10 Å². The molecule has 0 radical (unpaired) electrons. The number of hydrogen-bond acceptors (Lipinski definition) is 3. The van der Waals surface area contributed by atoms with Crippen molar-refractivity contribution in [3.63, 3.8) is 0 Å². The third kappa shape index (κ3) is 3.29. The molecule has 3 heteroatoms. The van der Waals surface area contributed by atoms with Gasteiger partial charge in [0.05, 0.1) is 6.61 Å². The fraction of sp³-hybridized carbons (Fsp3) is 0.417. The van der Waals surface area contributed by atoms with Crippen LogP contribution in [-0.4, -0.2) is 22.9 Å². The average molecular weight is 224 g/mol. The van der Waals surface area contributed by atoms with Gasteiger partial charge in [0.15, 0.2) is 5.05 Å². The highest BCUT2D eigenvalue weighted by molar-refractivity contribution is 7.80. The van der Waals surface area contributed by atoms with E-state index in [1.54, 1.807) is 0 Å². The third-order valence-electron chi connectivity index (χ3n) is 2.33. The molecule has 0 saturated heterocycles. The molecule has 0 aliphatic carbocycles. The SMILES string of the molecule is CCOC(=S)C(O)C(C)c1ccccc1. The highest BCUT2D eigenvalue weighted by Gasteiger charge is 2.21. The van der Waals surface area contributed by atoms with Gasteiger partial charge >= 0.3 is 0 Å². The van der Waals surface area contributed by atoms with Crippen molar-refractivity contribution in [2.45, 2.75) is 25.9 Å². The molecule has 2 atom stereocenters. The summed E-state index contributed by atoms with van der Waals surface area (Å²) >= 11 is 4.98. The summed E-state index contributed by atoms with van der Waals surface area (Å²) in [6.45, 7) is 4.29. The van der Waals surface area contributed by atoms with Crippen LogP contribution in [0.25, 0.3) is 0 Å². The first-order valence-corrected chi connectivity index (χ1v) is 5.47. The summed E-state index contributed by atoms with van der Waals surface area (Å²) in [5.41, 5.74) is 1.06. The number of rotatable bonds is 4. The van der Waals surface area contributed by atoms with Gasteiger partial charge in [0.1, 0.15) is 6.10 Å². The molecule has 0 heterocycles. The molecule has 0 aliphatic heterocycles. The van der Waals surface area contributed by atoms with Crippen LogP contribution in [0, 0.1) is 0 Å². The van der Waals surface area contributed by atoms with E-state index in [2.05, 4.69) is 0 Å². The van der Waals surface area contributed by atoms with Crippen LogP contribution in [0.2, 0.25) is 0 Å². The number of benzene rings is 1. The number of ether oxygens (including phenoxy) is 1. The van der Waals surface area contributed by atoms with E-state index in [4.69, 9.17) is 17.0 Å². The van der Waals surface area contributed by atoms with E-state index in [-0.39, 0.29) is 11.0 Å². The topological polar surface area (TPSA) is 29.5 Å². The van der Waals surface area contributed by atoms with Crippen LogP contribution in [0.3, 0.4) is 0 Å². The smallest absolute Gasteiger partial charge is 0.189 e. The standard InChI is InChI=1S/C12H16O2S/c1-3-14-12(15)11(13)9(2)10-7-5-4-6-8-10/h4-9,11,13H,3H2,1-2H3. The highest BCUT2D eigenvalue weighted by Crippen LogP contribution is 2.20. The zero-order valence-corrected chi connectivity index (χ0v) is 9.83. The van der Waals surface area contributed by atoms with E-state index in [1.165, 1.54) is 0 Å². The van der Waals surface area contributed by atoms with Crippen molar-refractivity contribution in [1.29, 1.82) is 0 Å². The van der Waals surface area contributed by atoms with Gasteiger partial charge in [-0.05, 0) is 24.7 Å². The minimum atomic E-state index is -0.720. The molecule has 1 aromatic carbocycles. The molecule has 0 saturated carbocycles. The molecule has 0 amide bonds. The predicted octanol–water partition coefficient (Wildman–Crippen LogP) is 2.51. The van der Waals surface area contributed by atoms with Gasteiger partial charge in [-0.25, -0.2) is 0 Å². The molecule has 1 N–H and O–H groups in total. The molecule has 2 unspecified atom stereocenters. The first kappa shape index (κ1) is 12.1. The van der Waals surface area contributed by atoms with E-state index in [9.17, 15) is 5.11 Å². The Kier molecular flexibility index (Phi) is 4.72. The Labute approximate surface area is 95.9 Å². The lowest BCUT2D eigenvalue weighted by atomic mass is 9.96. The normalized spacial score (nSPS) is 14.3. The van der Waals surface area contributed by atoms with Crippen LogP contribution in [0.1, 0.15) is 25.3 Å². The summed E-state index contributed by atoms with van der Waals surface area (Å²) in [5.74, 6) is -0.0368. The molecule has 1 aromatic rings. The second-order valence-electron chi connectivity index (χ2n) is 3.40. The third-order valence-corrected chi connectivity index (χ3v) is 2.69. The summed E-state index contributed by atoms with van der Waals surface area (Å²) in [6.07, 6.45) is -0.720. The minimum absolute atomic E-state index is 0.0368. The van der Waals surface area contributed by atoms with E-state index in [0.717, 1.165) is 5.56 Å². The van der Waals surface area contributed by atoms with E-state index in [1.807, 2.05) is 44.2 Å². The highest BCUT2D eigenvalue weighted by atomic mass is 32.1. The Balaban J connectivity index is 2.68. The number of thiocarbonyl (C=S) groups is 1. The summed E-state index contributed by atoms with van der Waals surface area (Å²) in [7, 11) is 0. The molecule has 0 aliphatic rings. The lowest BCUT2D eigenvalue weighted by molar-refractivity contribution is 0.176. The second kappa shape index (κ2) is 5.83. The molecule has 0 bridgehead atoms. The zero-order valence-electron chi connectivity index (χ0n) is 9.01. The van der Waals surface area contributed by atoms with Crippen LogP contribution in [0.4, 0.5) is 0 Å². The minimum Gasteiger partial charge on any atom is -0.485 e. The van der Waals surface area contributed by atoms with Crippen LogP contribution < -0.4 is 0 Å². The number of aliphatic hydroxyl groups is 1. The molecule has 0 aromatic heterocycles. The molecule has 0 fully saturated rings. The summed E-state index contributed by atoms with van der Waals surface area (Å²) in [5, 5.41) is 10.2. The second-order valence-corrected chi connectivity index (χ2v) is 3.80. The molecule has 15 heavy (non-hydrogen) atoms. The van der Waals surface area contributed by atoms with Gasteiger partial charge in [-0.1, -0.05) is 37.3 Å². The van der Waals surface area contributed by atoms with Crippen molar-refractivity contribution < 1.29 is 9.84 Å². The monoisotopic (exact) mass is 224 g/mol.